The van der Waals surface area contributed by atoms with E-state index in [1.165, 1.54) is 12.1 Å². The second-order valence-corrected chi connectivity index (χ2v) is 7.73. The third-order valence-corrected chi connectivity index (χ3v) is 5.64. The SMILES string of the molecule is CC[C@]1(c2cccc(OC(=O)Nc3ccc(OC(F)(F)F)cc3)c2)CCCCN(C)C1=O. The second-order valence-electron chi connectivity index (χ2n) is 7.73. The lowest BCUT2D eigenvalue weighted by Gasteiger charge is -2.33. The average molecular weight is 450 g/mol. The van der Waals surface area contributed by atoms with Crippen LogP contribution in [0.3, 0.4) is 0 Å². The molecule has 0 radical (unpaired) electrons. The van der Waals surface area contributed by atoms with Crippen molar-refractivity contribution in [2.24, 2.45) is 0 Å². The van der Waals surface area contributed by atoms with Crippen LogP contribution in [0.2, 0.25) is 0 Å². The molecule has 1 saturated heterocycles. The highest BCUT2D eigenvalue weighted by molar-refractivity contribution is 5.89. The molecule has 0 bridgehead atoms. The summed E-state index contributed by atoms with van der Waals surface area (Å²) in [4.78, 5) is 27.1. The molecule has 0 unspecified atom stereocenters. The number of amides is 2. The first-order valence-electron chi connectivity index (χ1n) is 10.3. The molecule has 1 aliphatic heterocycles. The van der Waals surface area contributed by atoms with Crippen molar-refractivity contribution in [2.75, 3.05) is 18.9 Å². The lowest BCUT2D eigenvalue weighted by molar-refractivity contribution is -0.274. The first kappa shape index (κ1) is 23.4. The Morgan fingerprint density at radius 3 is 2.50 bits per heavy atom. The van der Waals surface area contributed by atoms with E-state index in [2.05, 4.69) is 10.1 Å². The minimum Gasteiger partial charge on any atom is -0.410 e. The van der Waals surface area contributed by atoms with Crippen LogP contribution in [-0.2, 0) is 10.2 Å². The molecule has 172 valence electrons. The molecule has 1 N–H and O–H groups in total. The number of anilines is 1. The van der Waals surface area contributed by atoms with Crippen LogP contribution in [0.5, 0.6) is 11.5 Å². The van der Waals surface area contributed by atoms with Gasteiger partial charge in [-0.05, 0) is 61.2 Å². The van der Waals surface area contributed by atoms with Gasteiger partial charge in [-0.3, -0.25) is 10.1 Å². The van der Waals surface area contributed by atoms with Crippen molar-refractivity contribution in [1.29, 1.82) is 0 Å². The summed E-state index contributed by atoms with van der Waals surface area (Å²) >= 11 is 0. The molecule has 2 aromatic carbocycles. The Labute approximate surface area is 184 Å². The molecule has 3 rings (SSSR count). The summed E-state index contributed by atoms with van der Waals surface area (Å²) in [5.41, 5.74) is 0.360. The van der Waals surface area contributed by atoms with Gasteiger partial charge in [-0.15, -0.1) is 13.2 Å². The van der Waals surface area contributed by atoms with Crippen molar-refractivity contribution in [3.8, 4) is 11.5 Å². The fourth-order valence-corrected chi connectivity index (χ4v) is 4.00. The molecule has 2 aromatic rings. The van der Waals surface area contributed by atoms with Gasteiger partial charge in [0.25, 0.3) is 0 Å². The van der Waals surface area contributed by atoms with Gasteiger partial charge in [0.2, 0.25) is 5.91 Å². The van der Waals surface area contributed by atoms with E-state index in [0.29, 0.717) is 19.4 Å². The number of alkyl halides is 3. The lowest BCUT2D eigenvalue weighted by Crippen LogP contribution is -2.43. The number of hydrogen-bond acceptors (Lipinski definition) is 4. The number of ether oxygens (including phenoxy) is 2. The van der Waals surface area contributed by atoms with E-state index in [0.717, 1.165) is 30.5 Å². The number of rotatable bonds is 5. The van der Waals surface area contributed by atoms with Gasteiger partial charge in [0.1, 0.15) is 11.5 Å². The highest BCUT2D eigenvalue weighted by Crippen LogP contribution is 2.38. The maximum Gasteiger partial charge on any atom is 0.573 e. The number of likely N-dealkylation sites (N-methyl/N-ethyl adjacent to an activating group) is 1. The van der Waals surface area contributed by atoms with Crippen LogP contribution in [0, 0.1) is 0 Å². The molecule has 1 aliphatic rings. The summed E-state index contributed by atoms with van der Waals surface area (Å²) in [6.07, 6.45) is -2.39. The molecule has 9 heteroatoms. The van der Waals surface area contributed by atoms with Crippen molar-refractivity contribution < 1.29 is 32.2 Å². The number of hydrogen-bond donors (Lipinski definition) is 1. The normalized spacial score (nSPS) is 19.3. The van der Waals surface area contributed by atoms with E-state index in [9.17, 15) is 22.8 Å². The van der Waals surface area contributed by atoms with Gasteiger partial charge in [0.05, 0.1) is 5.41 Å². The monoisotopic (exact) mass is 450 g/mol. The molecule has 0 saturated carbocycles. The molecule has 1 fully saturated rings. The molecule has 6 nitrogen and oxygen atoms in total. The highest BCUT2D eigenvalue weighted by Gasteiger charge is 2.41. The van der Waals surface area contributed by atoms with Gasteiger partial charge in [0, 0.05) is 19.3 Å². The van der Waals surface area contributed by atoms with Crippen molar-refractivity contribution in [2.45, 2.75) is 44.4 Å². The van der Waals surface area contributed by atoms with Crippen LogP contribution in [0.4, 0.5) is 23.7 Å². The number of carbonyl (C=O) groups excluding carboxylic acids is 2. The first-order valence-corrected chi connectivity index (χ1v) is 10.3. The van der Waals surface area contributed by atoms with E-state index in [-0.39, 0.29) is 17.3 Å². The van der Waals surface area contributed by atoms with Gasteiger partial charge in [0.15, 0.2) is 0 Å². The largest absolute Gasteiger partial charge is 0.573 e. The van der Waals surface area contributed by atoms with Crippen LogP contribution in [0.15, 0.2) is 48.5 Å². The van der Waals surface area contributed by atoms with Crippen LogP contribution in [0.25, 0.3) is 0 Å². The zero-order chi connectivity index (χ0) is 23.4. The molecular weight excluding hydrogens is 425 g/mol. The fraction of sp³-hybridized carbons (Fsp3) is 0.391. The molecular formula is C23H25F3N2O4. The van der Waals surface area contributed by atoms with Crippen molar-refractivity contribution >= 4 is 17.7 Å². The van der Waals surface area contributed by atoms with Gasteiger partial charge >= 0.3 is 12.5 Å². The Hall–Kier alpha value is -3.23. The molecule has 2 amide bonds. The van der Waals surface area contributed by atoms with E-state index >= 15 is 0 Å². The topological polar surface area (TPSA) is 67.9 Å². The lowest BCUT2D eigenvalue weighted by atomic mass is 9.73. The third kappa shape index (κ3) is 5.52. The summed E-state index contributed by atoms with van der Waals surface area (Å²) in [7, 11) is 1.80. The number of carbonyl (C=O) groups is 2. The Bertz CT molecular complexity index is 962. The Balaban J connectivity index is 1.71. The van der Waals surface area contributed by atoms with Crippen LogP contribution < -0.4 is 14.8 Å². The van der Waals surface area contributed by atoms with Gasteiger partial charge in [-0.25, -0.2) is 4.79 Å². The molecule has 32 heavy (non-hydrogen) atoms. The number of halogens is 3. The summed E-state index contributed by atoms with van der Waals surface area (Å²) in [5, 5.41) is 2.46. The Kier molecular flexibility index (Phi) is 6.96. The molecule has 0 aliphatic carbocycles. The molecule has 1 atom stereocenters. The van der Waals surface area contributed by atoms with Crippen molar-refractivity contribution in [3.05, 3.63) is 54.1 Å². The molecule has 0 spiro atoms. The minimum atomic E-state index is -4.79. The Morgan fingerprint density at radius 2 is 1.84 bits per heavy atom. The standard InChI is InChI=1S/C23H25F3N2O4/c1-3-22(13-4-5-14-28(2)20(22)29)16-7-6-8-19(15-16)31-21(30)27-17-9-11-18(12-10-17)32-23(24,25)26/h6-12,15H,3-5,13-14H2,1-2H3,(H,27,30)/t22-/m1/s1. The zero-order valence-corrected chi connectivity index (χ0v) is 17.9. The second kappa shape index (κ2) is 9.50. The Morgan fingerprint density at radius 1 is 1.12 bits per heavy atom. The van der Waals surface area contributed by atoms with Crippen molar-refractivity contribution in [3.63, 3.8) is 0 Å². The van der Waals surface area contributed by atoms with Crippen LogP contribution >= 0.6 is 0 Å². The maximum atomic E-state index is 13.1. The minimum absolute atomic E-state index is 0.0558. The molecule has 1 heterocycles. The number of benzene rings is 2. The summed E-state index contributed by atoms with van der Waals surface area (Å²) < 4.78 is 45.9. The van der Waals surface area contributed by atoms with E-state index < -0.39 is 23.6 Å². The van der Waals surface area contributed by atoms with Gasteiger partial charge < -0.3 is 14.4 Å². The summed E-state index contributed by atoms with van der Waals surface area (Å²) in [6, 6.07) is 11.6. The van der Waals surface area contributed by atoms with Crippen molar-refractivity contribution in [1.82, 2.24) is 4.90 Å². The third-order valence-electron chi connectivity index (χ3n) is 5.64. The molecule has 0 aromatic heterocycles. The fourth-order valence-electron chi connectivity index (χ4n) is 4.00. The van der Waals surface area contributed by atoms with E-state index in [1.54, 1.807) is 30.1 Å². The summed E-state index contributed by atoms with van der Waals surface area (Å²) in [6.45, 7) is 2.69. The zero-order valence-electron chi connectivity index (χ0n) is 17.9. The summed E-state index contributed by atoms with van der Waals surface area (Å²) in [5.74, 6) is -0.0724. The van der Waals surface area contributed by atoms with Crippen LogP contribution in [-0.4, -0.2) is 36.9 Å². The number of nitrogens with zero attached hydrogens (tertiary/aromatic N) is 1. The highest BCUT2D eigenvalue weighted by atomic mass is 19.4. The maximum absolute atomic E-state index is 13.1. The number of nitrogens with one attached hydrogen (secondary N) is 1. The van der Waals surface area contributed by atoms with Gasteiger partial charge in [-0.2, -0.15) is 0 Å². The van der Waals surface area contributed by atoms with E-state index in [4.69, 9.17) is 4.74 Å². The number of likely N-dealkylation sites (tertiary alicyclic amines) is 1. The predicted octanol–water partition coefficient (Wildman–Crippen LogP) is 5.49. The smallest absolute Gasteiger partial charge is 0.410 e. The van der Waals surface area contributed by atoms with E-state index in [1.807, 2.05) is 13.0 Å². The average Bonchev–Trinajstić information content (AvgIpc) is 2.88. The van der Waals surface area contributed by atoms with Gasteiger partial charge in [-0.1, -0.05) is 25.5 Å². The quantitative estimate of drug-likeness (QED) is 0.655. The predicted molar refractivity (Wildman–Crippen MR) is 113 cm³/mol. The first-order chi connectivity index (χ1) is 15.1. The van der Waals surface area contributed by atoms with Crippen LogP contribution in [0.1, 0.15) is 38.2 Å².